The Balaban J connectivity index is 1.38. The van der Waals surface area contributed by atoms with Crippen molar-refractivity contribution in [1.29, 1.82) is 0 Å². The van der Waals surface area contributed by atoms with Gasteiger partial charge in [-0.3, -0.25) is 4.90 Å². The van der Waals surface area contributed by atoms with E-state index >= 15 is 0 Å². The Morgan fingerprint density at radius 2 is 2.10 bits per heavy atom. The van der Waals surface area contributed by atoms with E-state index in [0.717, 1.165) is 61.4 Å². The number of rotatable bonds is 4. The molecule has 7 heteroatoms. The van der Waals surface area contributed by atoms with Crippen LogP contribution in [0, 0.1) is 5.92 Å². The molecule has 1 saturated heterocycles. The number of hydrogen-bond donors (Lipinski definition) is 4. The van der Waals surface area contributed by atoms with Crippen molar-refractivity contribution in [2.75, 3.05) is 18.4 Å². The molecule has 0 saturated carbocycles. The van der Waals surface area contributed by atoms with Crippen molar-refractivity contribution in [3.05, 3.63) is 65.4 Å². The summed E-state index contributed by atoms with van der Waals surface area (Å²) in [6.45, 7) is 3.26. The van der Waals surface area contributed by atoms with Crippen LogP contribution in [-0.2, 0) is 13.1 Å². The molecule has 1 unspecified atom stereocenters. The number of carbonyl (C=O) groups is 1. The Hall–Kier alpha value is -3.32. The van der Waals surface area contributed by atoms with Gasteiger partial charge < -0.3 is 21.5 Å². The molecule has 1 atom stereocenters. The van der Waals surface area contributed by atoms with E-state index in [2.05, 4.69) is 20.5 Å². The summed E-state index contributed by atoms with van der Waals surface area (Å²) in [6.07, 6.45) is 5.75. The number of carbonyl (C=O) groups excluding carboxylic acids is 1. The molecule has 156 valence electrons. The SMILES string of the molecule is N/C(=N\C(=O)Nc1cccc2c1C=CNC2)C1CCCN(Cc2ccc(O)cc2)C1. The van der Waals surface area contributed by atoms with E-state index < -0.39 is 6.03 Å². The van der Waals surface area contributed by atoms with Crippen molar-refractivity contribution < 1.29 is 9.90 Å². The Bertz CT molecular complexity index is 968. The number of amidine groups is 1. The average molecular weight is 406 g/mol. The van der Waals surface area contributed by atoms with Crippen molar-refractivity contribution in [3.8, 4) is 5.75 Å². The quantitative estimate of drug-likeness (QED) is 0.462. The fourth-order valence-electron chi connectivity index (χ4n) is 4.04. The van der Waals surface area contributed by atoms with Crippen LogP contribution in [0.5, 0.6) is 5.75 Å². The Morgan fingerprint density at radius 1 is 1.27 bits per heavy atom. The Labute approximate surface area is 176 Å². The third-order valence-electron chi connectivity index (χ3n) is 5.60. The minimum Gasteiger partial charge on any atom is -0.508 e. The lowest BCUT2D eigenvalue weighted by Gasteiger charge is -2.32. The van der Waals surface area contributed by atoms with Crippen molar-refractivity contribution in [1.82, 2.24) is 10.2 Å². The first-order chi connectivity index (χ1) is 14.6. The summed E-state index contributed by atoms with van der Waals surface area (Å²) in [5.74, 6) is 0.699. The second-order valence-corrected chi connectivity index (χ2v) is 7.80. The number of urea groups is 1. The molecule has 0 aromatic heterocycles. The number of piperidine rings is 1. The highest BCUT2D eigenvalue weighted by Gasteiger charge is 2.23. The number of benzene rings is 2. The molecule has 4 rings (SSSR count). The van der Waals surface area contributed by atoms with Gasteiger partial charge in [0.2, 0.25) is 0 Å². The number of anilines is 1. The Kier molecular flexibility index (Phi) is 5.99. The van der Waals surface area contributed by atoms with E-state index in [9.17, 15) is 9.90 Å². The van der Waals surface area contributed by atoms with Gasteiger partial charge in [0.15, 0.2) is 0 Å². The number of nitrogens with two attached hydrogens (primary N) is 1. The summed E-state index contributed by atoms with van der Waals surface area (Å²) < 4.78 is 0. The third-order valence-corrected chi connectivity index (χ3v) is 5.60. The maximum atomic E-state index is 12.5. The summed E-state index contributed by atoms with van der Waals surface area (Å²) in [4.78, 5) is 19.0. The maximum absolute atomic E-state index is 12.5. The summed E-state index contributed by atoms with van der Waals surface area (Å²) in [5.41, 5.74) is 10.2. The zero-order valence-corrected chi connectivity index (χ0v) is 16.8. The minimum atomic E-state index is -0.441. The minimum absolute atomic E-state index is 0.0513. The van der Waals surface area contributed by atoms with E-state index in [-0.39, 0.29) is 11.7 Å². The highest BCUT2D eigenvalue weighted by Crippen LogP contribution is 2.24. The molecule has 0 spiro atoms. The van der Waals surface area contributed by atoms with Crippen molar-refractivity contribution >= 4 is 23.6 Å². The molecule has 0 radical (unpaired) electrons. The molecule has 0 aliphatic carbocycles. The summed E-state index contributed by atoms with van der Waals surface area (Å²) in [5, 5.41) is 15.5. The van der Waals surface area contributed by atoms with E-state index in [1.54, 1.807) is 12.1 Å². The molecule has 2 aliphatic heterocycles. The number of aliphatic imine (C=N–C) groups is 1. The van der Waals surface area contributed by atoms with E-state index in [1.807, 2.05) is 42.6 Å². The number of likely N-dealkylation sites (tertiary alicyclic amines) is 1. The van der Waals surface area contributed by atoms with Crippen LogP contribution in [0.15, 0.2) is 53.7 Å². The van der Waals surface area contributed by atoms with E-state index in [4.69, 9.17) is 5.73 Å². The predicted molar refractivity (Wildman–Crippen MR) is 119 cm³/mol. The van der Waals surface area contributed by atoms with Crippen LogP contribution in [0.2, 0.25) is 0 Å². The van der Waals surface area contributed by atoms with Gasteiger partial charge in [-0.25, -0.2) is 4.79 Å². The summed E-state index contributed by atoms with van der Waals surface area (Å²) in [6, 6.07) is 12.6. The van der Waals surface area contributed by atoms with Crippen molar-refractivity contribution in [2.45, 2.75) is 25.9 Å². The number of phenolic OH excluding ortho intramolecular Hbond substituents is 1. The number of aromatic hydroxyl groups is 1. The zero-order valence-electron chi connectivity index (χ0n) is 16.8. The van der Waals surface area contributed by atoms with Gasteiger partial charge in [-0.15, -0.1) is 0 Å². The molecule has 1 fully saturated rings. The monoisotopic (exact) mass is 405 g/mol. The number of fused-ring (bicyclic) bond motifs is 1. The fraction of sp³-hybridized carbons (Fsp3) is 0.304. The van der Waals surface area contributed by atoms with Crippen LogP contribution in [0.3, 0.4) is 0 Å². The predicted octanol–water partition coefficient (Wildman–Crippen LogP) is 3.27. The first-order valence-corrected chi connectivity index (χ1v) is 10.3. The van der Waals surface area contributed by atoms with Crippen molar-refractivity contribution in [3.63, 3.8) is 0 Å². The van der Waals surface area contributed by atoms with Crippen LogP contribution in [0.4, 0.5) is 10.5 Å². The van der Waals surface area contributed by atoms with Crippen LogP contribution < -0.4 is 16.4 Å². The van der Waals surface area contributed by atoms with Gasteiger partial charge in [0.1, 0.15) is 11.6 Å². The van der Waals surface area contributed by atoms with Crippen LogP contribution >= 0.6 is 0 Å². The average Bonchev–Trinajstić information content (AvgIpc) is 2.76. The van der Waals surface area contributed by atoms with Gasteiger partial charge in [0.05, 0.1) is 5.69 Å². The molecule has 2 aliphatic rings. The van der Waals surface area contributed by atoms with Gasteiger partial charge >= 0.3 is 6.03 Å². The molecule has 2 amide bonds. The number of nitrogens with one attached hydrogen (secondary N) is 2. The Morgan fingerprint density at radius 3 is 2.93 bits per heavy atom. The largest absolute Gasteiger partial charge is 0.508 e. The number of hydrogen-bond acceptors (Lipinski definition) is 4. The van der Waals surface area contributed by atoms with Gasteiger partial charge in [-0.1, -0.05) is 24.3 Å². The summed E-state index contributed by atoms with van der Waals surface area (Å²) in [7, 11) is 0. The molecule has 30 heavy (non-hydrogen) atoms. The smallest absolute Gasteiger partial charge is 0.347 e. The van der Waals surface area contributed by atoms with Gasteiger partial charge in [-0.05, 0) is 61.0 Å². The molecule has 7 nitrogen and oxygen atoms in total. The van der Waals surface area contributed by atoms with Crippen molar-refractivity contribution in [2.24, 2.45) is 16.6 Å². The lowest BCUT2D eigenvalue weighted by Crippen LogP contribution is -2.41. The molecule has 0 bridgehead atoms. The van der Waals surface area contributed by atoms with Gasteiger partial charge in [0, 0.05) is 31.1 Å². The molecular formula is C23H27N5O2. The van der Waals surface area contributed by atoms with Crippen LogP contribution in [-0.4, -0.2) is 35.0 Å². The standard InChI is InChI=1S/C23H27N5O2/c24-22(18-4-2-12-28(15-18)14-16-6-8-19(29)9-7-16)27-23(30)26-21-5-1-3-17-13-25-11-10-20(17)21/h1,3,5-11,18,25,29H,2,4,12-15H2,(H3,24,26,27,30). The maximum Gasteiger partial charge on any atom is 0.347 e. The first kappa shape index (κ1) is 20.0. The van der Waals surface area contributed by atoms with Gasteiger partial charge in [0.25, 0.3) is 0 Å². The van der Waals surface area contributed by atoms with E-state index in [1.165, 1.54) is 0 Å². The second-order valence-electron chi connectivity index (χ2n) is 7.80. The highest BCUT2D eigenvalue weighted by atomic mass is 16.3. The molecule has 2 heterocycles. The first-order valence-electron chi connectivity index (χ1n) is 10.3. The molecule has 2 aromatic carbocycles. The normalized spacial score (nSPS) is 19.1. The van der Waals surface area contributed by atoms with Gasteiger partial charge in [-0.2, -0.15) is 4.99 Å². The lowest BCUT2D eigenvalue weighted by atomic mass is 9.96. The lowest BCUT2D eigenvalue weighted by molar-refractivity contribution is 0.196. The third kappa shape index (κ3) is 4.80. The zero-order chi connectivity index (χ0) is 20.9. The van der Waals surface area contributed by atoms with E-state index in [0.29, 0.717) is 5.84 Å². The van der Waals surface area contributed by atoms with Crippen LogP contribution in [0.25, 0.3) is 6.08 Å². The summed E-state index contributed by atoms with van der Waals surface area (Å²) >= 11 is 0. The number of amides is 2. The fourth-order valence-corrected chi connectivity index (χ4v) is 4.04. The number of nitrogens with zero attached hydrogens (tertiary/aromatic N) is 2. The number of phenols is 1. The molecular weight excluding hydrogens is 378 g/mol. The van der Waals surface area contributed by atoms with Crippen LogP contribution in [0.1, 0.15) is 29.5 Å². The topological polar surface area (TPSA) is 103 Å². The second kappa shape index (κ2) is 9.00. The molecule has 5 N–H and O–H groups in total. The highest BCUT2D eigenvalue weighted by molar-refractivity contribution is 6.01. The molecule has 2 aromatic rings.